The highest BCUT2D eigenvalue weighted by molar-refractivity contribution is 5.95. The summed E-state index contributed by atoms with van der Waals surface area (Å²) < 4.78 is 11.3. The first-order valence-corrected chi connectivity index (χ1v) is 8.90. The minimum Gasteiger partial charge on any atom is -0.493 e. The second kappa shape index (κ2) is 9.30. The Morgan fingerprint density at radius 2 is 2.00 bits per heavy atom. The number of aliphatic carboxylic acids is 1. The molecule has 138 valence electrons. The van der Waals surface area contributed by atoms with Gasteiger partial charge in [0.1, 0.15) is 0 Å². The molecule has 1 aliphatic rings. The van der Waals surface area contributed by atoms with Gasteiger partial charge in [0, 0.05) is 12.1 Å². The molecule has 1 amide bonds. The van der Waals surface area contributed by atoms with Gasteiger partial charge in [0.25, 0.3) is 5.91 Å². The lowest BCUT2D eigenvalue weighted by Crippen LogP contribution is -2.33. The fraction of sp³-hybridized carbons (Fsp3) is 0.579. The third-order valence-corrected chi connectivity index (χ3v) is 4.52. The minimum atomic E-state index is -0.887. The van der Waals surface area contributed by atoms with E-state index in [1.54, 1.807) is 25.3 Å². The monoisotopic (exact) mass is 349 g/mol. The second-order valence-electron chi connectivity index (χ2n) is 6.42. The van der Waals surface area contributed by atoms with Gasteiger partial charge >= 0.3 is 5.97 Å². The van der Waals surface area contributed by atoms with E-state index in [4.69, 9.17) is 9.47 Å². The van der Waals surface area contributed by atoms with Crippen molar-refractivity contribution in [3.8, 4) is 11.5 Å². The smallest absolute Gasteiger partial charge is 0.308 e. The van der Waals surface area contributed by atoms with Crippen molar-refractivity contribution < 1.29 is 24.2 Å². The van der Waals surface area contributed by atoms with Gasteiger partial charge in [0.15, 0.2) is 11.5 Å². The van der Waals surface area contributed by atoms with Gasteiger partial charge in [-0.25, -0.2) is 0 Å². The maximum absolute atomic E-state index is 12.4. The summed E-state index contributed by atoms with van der Waals surface area (Å²) in [5, 5.41) is 11.9. The highest BCUT2D eigenvalue weighted by Gasteiger charge is 2.21. The molecule has 2 rings (SSSR count). The first kappa shape index (κ1) is 19.1. The molecule has 0 aliphatic heterocycles. The number of nitrogens with one attached hydrogen (secondary N) is 1. The topological polar surface area (TPSA) is 84.9 Å². The predicted molar refractivity (Wildman–Crippen MR) is 94.2 cm³/mol. The van der Waals surface area contributed by atoms with E-state index in [2.05, 4.69) is 5.32 Å². The van der Waals surface area contributed by atoms with Crippen molar-refractivity contribution in [2.24, 2.45) is 5.92 Å². The van der Waals surface area contributed by atoms with Crippen molar-refractivity contribution >= 4 is 11.9 Å². The van der Waals surface area contributed by atoms with Crippen LogP contribution in [0.3, 0.4) is 0 Å². The third kappa shape index (κ3) is 5.37. The van der Waals surface area contributed by atoms with Crippen LogP contribution >= 0.6 is 0 Å². The van der Waals surface area contributed by atoms with Crippen molar-refractivity contribution in [3.05, 3.63) is 23.8 Å². The average Bonchev–Trinajstić information content (AvgIpc) is 3.11. The van der Waals surface area contributed by atoms with Crippen molar-refractivity contribution in [3.63, 3.8) is 0 Å². The van der Waals surface area contributed by atoms with Crippen LogP contribution in [0.2, 0.25) is 0 Å². The van der Waals surface area contributed by atoms with Crippen molar-refractivity contribution in [1.82, 2.24) is 5.32 Å². The first-order chi connectivity index (χ1) is 12.0. The number of amides is 1. The highest BCUT2D eigenvalue weighted by Crippen LogP contribution is 2.32. The minimum absolute atomic E-state index is 0.118. The van der Waals surface area contributed by atoms with Gasteiger partial charge < -0.3 is 19.9 Å². The number of methoxy groups -OCH3 is 1. The Hall–Kier alpha value is -2.24. The van der Waals surface area contributed by atoms with Crippen LogP contribution in [-0.4, -0.2) is 36.7 Å². The molecule has 0 radical (unpaired) electrons. The lowest BCUT2D eigenvalue weighted by atomic mass is 10.0. The van der Waals surface area contributed by atoms with Gasteiger partial charge in [0.2, 0.25) is 0 Å². The molecule has 1 fully saturated rings. The fourth-order valence-corrected chi connectivity index (χ4v) is 3.08. The summed E-state index contributed by atoms with van der Waals surface area (Å²) in [7, 11) is 1.57. The zero-order valence-corrected chi connectivity index (χ0v) is 14.9. The van der Waals surface area contributed by atoms with Crippen molar-refractivity contribution in [1.29, 1.82) is 0 Å². The van der Waals surface area contributed by atoms with Crippen molar-refractivity contribution in [2.75, 3.05) is 13.7 Å². The van der Waals surface area contributed by atoms with Gasteiger partial charge in [-0.3, -0.25) is 9.59 Å². The number of carbonyl (C=O) groups is 2. The van der Waals surface area contributed by atoms with E-state index in [0.717, 1.165) is 32.1 Å². The van der Waals surface area contributed by atoms with E-state index in [0.29, 0.717) is 23.5 Å². The summed E-state index contributed by atoms with van der Waals surface area (Å²) >= 11 is 0. The van der Waals surface area contributed by atoms with E-state index in [1.165, 1.54) is 0 Å². The molecule has 1 atom stereocenters. The quantitative estimate of drug-likeness (QED) is 0.715. The highest BCUT2D eigenvalue weighted by atomic mass is 16.5. The maximum atomic E-state index is 12.4. The number of benzene rings is 1. The van der Waals surface area contributed by atoms with Gasteiger partial charge in [-0.1, -0.05) is 13.3 Å². The number of carbonyl (C=O) groups excluding carboxylic acids is 1. The Balaban J connectivity index is 2.04. The van der Waals surface area contributed by atoms with Crippen LogP contribution in [-0.2, 0) is 4.79 Å². The Labute approximate surface area is 148 Å². The SMILES string of the molecule is CCCC(CNC(=O)c1ccc(OC)c(OC2CCCC2)c1)C(=O)O. The Bertz CT molecular complexity index is 595. The molecule has 1 unspecified atom stereocenters. The van der Waals surface area contributed by atoms with Gasteiger partial charge in [0.05, 0.1) is 19.1 Å². The maximum Gasteiger partial charge on any atom is 0.308 e. The van der Waals surface area contributed by atoms with Crippen LogP contribution in [0.4, 0.5) is 0 Å². The predicted octanol–water partition coefficient (Wildman–Crippen LogP) is 3.25. The molecular weight excluding hydrogens is 322 g/mol. The molecule has 0 saturated heterocycles. The van der Waals surface area contributed by atoms with Crippen LogP contribution in [0.5, 0.6) is 11.5 Å². The summed E-state index contributed by atoms with van der Waals surface area (Å²) in [6.07, 6.45) is 5.78. The van der Waals surface area contributed by atoms with Crippen LogP contribution in [0.1, 0.15) is 55.8 Å². The van der Waals surface area contributed by atoms with Crippen LogP contribution in [0.15, 0.2) is 18.2 Å². The van der Waals surface area contributed by atoms with Crippen LogP contribution in [0, 0.1) is 5.92 Å². The normalized spacial score (nSPS) is 15.6. The van der Waals surface area contributed by atoms with Crippen LogP contribution < -0.4 is 14.8 Å². The zero-order valence-electron chi connectivity index (χ0n) is 14.9. The number of ether oxygens (including phenoxy) is 2. The molecule has 1 saturated carbocycles. The summed E-state index contributed by atoms with van der Waals surface area (Å²) in [6, 6.07) is 5.03. The summed E-state index contributed by atoms with van der Waals surface area (Å²) in [5.41, 5.74) is 0.439. The number of carboxylic acid groups (broad SMARTS) is 1. The lowest BCUT2D eigenvalue weighted by molar-refractivity contribution is -0.141. The van der Waals surface area contributed by atoms with E-state index in [9.17, 15) is 14.7 Å². The first-order valence-electron chi connectivity index (χ1n) is 8.90. The molecule has 1 aromatic rings. The molecule has 1 aromatic carbocycles. The molecule has 2 N–H and O–H groups in total. The van der Waals surface area contributed by atoms with E-state index >= 15 is 0 Å². The fourth-order valence-electron chi connectivity index (χ4n) is 3.08. The molecule has 6 nitrogen and oxygen atoms in total. The lowest BCUT2D eigenvalue weighted by Gasteiger charge is -2.17. The van der Waals surface area contributed by atoms with Crippen molar-refractivity contribution in [2.45, 2.75) is 51.6 Å². The molecule has 0 heterocycles. The Kier molecular flexibility index (Phi) is 7.10. The average molecular weight is 349 g/mol. The number of carboxylic acids is 1. The molecule has 25 heavy (non-hydrogen) atoms. The molecule has 0 aromatic heterocycles. The van der Waals surface area contributed by atoms with E-state index in [1.807, 2.05) is 6.92 Å². The molecule has 0 bridgehead atoms. The van der Waals surface area contributed by atoms with Gasteiger partial charge in [-0.05, 0) is 50.3 Å². The van der Waals surface area contributed by atoms with E-state index in [-0.39, 0.29) is 18.6 Å². The van der Waals surface area contributed by atoms with E-state index < -0.39 is 11.9 Å². The Morgan fingerprint density at radius 1 is 1.28 bits per heavy atom. The summed E-state index contributed by atoms with van der Waals surface area (Å²) in [4.78, 5) is 23.5. The number of hydrogen-bond acceptors (Lipinski definition) is 4. The number of hydrogen-bond donors (Lipinski definition) is 2. The Morgan fingerprint density at radius 3 is 2.60 bits per heavy atom. The standard InChI is InChI=1S/C19H27NO5/c1-3-6-14(19(22)23)12-20-18(21)13-9-10-16(24-2)17(11-13)25-15-7-4-5-8-15/h9-11,14-15H,3-8,12H2,1-2H3,(H,20,21)(H,22,23). The molecule has 6 heteroatoms. The van der Waals surface area contributed by atoms with Gasteiger partial charge in [-0.15, -0.1) is 0 Å². The largest absolute Gasteiger partial charge is 0.493 e. The summed E-state index contributed by atoms with van der Waals surface area (Å²) in [6.45, 7) is 2.04. The van der Waals surface area contributed by atoms with Gasteiger partial charge in [-0.2, -0.15) is 0 Å². The number of rotatable bonds is 9. The third-order valence-electron chi connectivity index (χ3n) is 4.52. The molecule has 0 spiro atoms. The zero-order chi connectivity index (χ0) is 18.2. The second-order valence-corrected chi connectivity index (χ2v) is 6.42. The summed E-state index contributed by atoms with van der Waals surface area (Å²) in [5.74, 6) is -0.604. The molecule has 1 aliphatic carbocycles. The molecular formula is C19H27NO5. The van der Waals surface area contributed by atoms with Crippen LogP contribution in [0.25, 0.3) is 0 Å².